The molecule has 0 aromatic heterocycles. The molecule has 0 radical (unpaired) electrons. The lowest BCUT2D eigenvalue weighted by Gasteiger charge is -2.05. The molecule has 3 heteroatoms. The van der Waals surface area contributed by atoms with Gasteiger partial charge in [0.2, 0.25) is 0 Å². The van der Waals surface area contributed by atoms with Gasteiger partial charge in [-0.05, 0) is 118 Å². The summed E-state index contributed by atoms with van der Waals surface area (Å²) in [6.45, 7) is 18.7. The van der Waals surface area contributed by atoms with Crippen LogP contribution < -0.4 is 0 Å². The number of carbonyl (C=O) groups is 3. The Morgan fingerprint density at radius 3 is 1.35 bits per heavy atom. The minimum Gasteiger partial charge on any atom is -0.303 e. The molecule has 1 aliphatic rings. The van der Waals surface area contributed by atoms with Gasteiger partial charge < -0.3 is 4.79 Å². The van der Waals surface area contributed by atoms with Crippen molar-refractivity contribution in [1.82, 2.24) is 0 Å². The molecule has 1 unspecified atom stereocenters. The van der Waals surface area contributed by atoms with E-state index >= 15 is 0 Å². The van der Waals surface area contributed by atoms with Crippen LogP contribution in [0.25, 0.3) is 0 Å². The van der Waals surface area contributed by atoms with Crippen LogP contribution in [0.2, 0.25) is 0 Å². The summed E-state index contributed by atoms with van der Waals surface area (Å²) in [5, 5.41) is 0. The van der Waals surface area contributed by atoms with Crippen LogP contribution in [0.1, 0.15) is 107 Å². The fourth-order valence-electron chi connectivity index (χ4n) is 3.21. The average Bonchev–Trinajstić information content (AvgIpc) is 3.38. The van der Waals surface area contributed by atoms with Gasteiger partial charge in [0.05, 0.1) is 0 Å². The van der Waals surface area contributed by atoms with Crippen molar-refractivity contribution in [2.45, 2.75) is 107 Å². The van der Waals surface area contributed by atoms with Crippen molar-refractivity contribution in [2.75, 3.05) is 0 Å². The van der Waals surface area contributed by atoms with Gasteiger partial charge in [-0.1, -0.05) is 53.0 Å². The summed E-state index contributed by atoms with van der Waals surface area (Å²) in [5.41, 5.74) is 6.69. The van der Waals surface area contributed by atoms with Gasteiger partial charge >= 0.3 is 0 Å². The predicted molar refractivity (Wildman–Crippen MR) is 148 cm³/mol. The molecule has 1 aliphatic carbocycles. The molecule has 34 heavy (non-hydrogen) atoms. The Balaban J connectivity index is 0. The van der Waals surface area contributed by atoms with Crippen molar-refractivity contribution in [2.24, 2.45) is 11.3 Å². The van der Waals surface area contributed by atoms with E-state index in [2.05, 4.69) is 66.7 Å². The first kappa shape index (κ1) is 33.9. The van der Waals surface area contributed by atoms with Gasteiger partial charge in [0.25, 0.3) is 0 Å². The molecule has 0 heterocycles. The highest BCUT2D eigenvalue weighted by Crippen LogP contribution is 2.54. The second-order valence-electron chi connectivity index (χ2n) is 10.4. The number of rotatable bonds is 12. The maximum Gasteiger partial charge on any atom is 0.142 e. The molecule has 0 aromatic carbocycles. The summed E-state index contributed by atoms with van der Waals surface area (Å²) in [7, 11) is 0. The quantitative estimate of drug-likeness (QED) is 0.163. The lowest BCUT2D eigenvalue weighted by atomic mass is 9.99. The van der Waals surface area contributed by atoms with E-state index in [1.165, 1.54) is 23.1 Å². The maximum atomic E-state index is 10.5. The smallest absolute Gasteiger partial charge is 0.142 e. The van der Waals surface area contributed by atoms with Gasteiger partial charge in [-0.3, -0.25) is 9.59 Å². The lowest BCUT2D eigenvalue weighted by molar-refractivity contribution is -0.109. The Hall–Kier alpha value is -2.29. The molecule has 0 N–H and O–H groups in total. The number of hydrogen-bond donors (Lipinski definition) is 0. The fourth-order valence-corrected chi connectivity index (χ4v) is 3.21. The van der Waals surface area contributed by atoms with Crippen molar-refractivity contribution in [3.8, 4) is 0 Å². The van der Waals surface area contributed by atoms with E-state index in [-0.39, 0.29) is 0 Å². The molecular weight excluding hydrogens is 420 g/mol. The summed E-state index contributed by atoms with van der Waals surface area (Å²) in [6, 6.07) is 0. The molecule has 0 saturated heterocycles. The highest BCUT2D eigenvalue weighted by Gasteiger charge is 2.48. The van der Waals surface area contributed by atoms with Crippen LogP contribution in [-0.4, -0.2) is 18.9 Å². The van der Waals surface area contributed by atoms with E-state index in [9.17, 15) is 14.4 Å². The van der Waals surface area contributed by atoms with E-state index in [1.54, 1.807) is 12.2 Å². The van der Waals surface area contributed by atoms with Crippen LogP contribution in [0.3, 0.4) is 0 Å². The second kappa shape index (κ2) is 20.1. The Morgan fingerprint density at radius 1 is 0.676 bits per heavy atom. The minimum absolute atomic E-state index is 0.341. The molecule has 0 aromatic rings. The summed E-state index contributed by atoms with van der Waals surface area (Å²) < 4.78 is 0. The van der Waals surface area contributed by atoms with E-state index < -0.39 is 0 Å². The van der Waals surface area contributed by atoms with Crippen molar-refractivity contribution in [1.29, 1.82) is 0 Å². The van der Waals surface area contributed by atoms with Crippen molar-refractivity contribution in [3.05, 3.63) is 58.2 Å². The molecule has 0 spiro atoms. The predicted octanol–water partition coefficient (Wildman–Crippen LogP) is 8.71. The van der Waals surface area contributed by atoms with Crippen LogP contribution in [0.5, 0.6) is 0 Å². The van der Waals surface area contributed by atoms with Gasteiger partial charge in [0.1, 0.15) is 18.9 Å². The highest BCUT2D eigenvalue weighted by molar-refractivity contribution is 5.66. The molecule has 2 atom stereocenters. The van der Waals surface area contributed by atoms with E-state index in [0.29, 0.717) is 11.3 Å². The van der Waals surface area contributed by atoms with Gasteiger partial charge in [-0.2, -0.15) is 0 Å². The summed E-state index contributed by atoms with van der Waals surface area (Å²) >= 11 is 0. The average molecular weight is 471 g/mol. The summed E-state index contributed by atoms with van der Waals surface area (Å²) in [4.78, 5) is 30.5. The number of carbonyl (C=O) groups excluding carboxylic acids is 3. The molecule has 0 aliphatic heterocycles. The van der Waals surface area contributed by atoms with Gasteiger partial charge in [0, 0.05) is 5.92 Å². The Labute approximate surface area is 210 Å². The Morgan fingerprint density at radius 2 is 1.06 bits per heavy atom. The van der Waals surface area contributed by atoms with Crippen LogP contribution in [-0.2, 0) is 14.4 Å². The van der Waals surface area contributed by atoms with Crippen LogP contribution in [0.15, 0.2) is 58.2 Å². The largest absolute Gasteiger partial charge is 0.303 e. The summed E-state index contributed by atoms with van der Waals surface area (Å²) in [6.07, 6.45) is 20.1. The van der Waals surface area contributed by atoms with Gasteiger partial charge in [0.15, 0.2) is 0 Å². The van der Waals surface area contributed by atoms with E-state index in [0.717, 1.165) is 68.5 Å². The van der Waals surface area contributed by atoms with Crippen molar-refractivity contribution in [3.63, 3.8) is 0 Å². The van der Waals surface area contributed by atoms with Crippen molar-refractivity contribution < 1.29 is 14.4 Å². The second-order valence-corrected chi connectivity index (χ2v) is 10.4. The molecule has 1 rings (SSSR count). The zero-order chi connectivity index (χ0) is 26.6. The Kier molecular flexibility index (Phi) is 20.0. The molecule has 192 valence electrons. The van der Waals surface area contributed by atoms with E-state index in [1.807, 2.05) is 13.8 Å². The molecular formula is C31H50O3. The third kappa shape index (κ3) is 21.6. The third-order valence-electron chi connectivity index (χ3n) is 5.74. The first-order valence-electron chi connectivity index (χ1n) is 12.5. The highest BCUT2D eigenvalue weighted by atomic mass is 16.1. The number of hydrogen-bond acceptors (Lipinski definition) is 3. The standard InChI is InChI=1S/C11H18O.2C10H16O/c1-9(2)5-4-6-11(3)7-10(11)8-12;2*1-9(2)5-4-6-10(3)7-8-11/h5,8,10H,4,6-7H2,1-3H3;2*5,7-8H,4,6H2,1-3H3/b;10-7+;10-7-/t10-,11?;;/m1../s1. The fraction of sp³-hybridized carbons (Fsp3) is 0.581. The topological polar surface area (TPSA) is 51.2 Å². The summed E-state index contributed by atoms with van der Waals surface area (Å²) in [5.74, 6) is 0.350. The van der Waals surface area contributed by atoms with E-state index in [4.69, 9.17) is 0 Å². The SMILES string of the molecule is CC(C)=CCC/C(C)=C/C=O.CC(C)=CCC/C(C)=C\C=O.CC(C)=CCCC1(C)C[C@@H]1C=O. The number of allylic oxidation sites excluding steroid dienone is 10. The minimum atomic E-state index is 0.341. The zero-order valence-electron chi connectivity index (χ0n) is 23.4. The molecule has 0 amide bonds. The molecule has 0 bridgehead atoms. The Bertz CT molecular complexity index is 708. The number of aldehydes is 3. The third-order valence-corrected chi connectivity index (χ3v) is 5.74. The van der Waals surface area contributed by atoms with Gasteiger partial charge in [-0.25, -0.2) is 0 Å². The van der Waals surface area contributed by atoms with Crippen LogP contribution in [0, 0.1) is 11.3 Å². The van der Waals surface area contributed by atoms with Crippen molar-refractivity contribution >= 4 is 18.9 Å². The first-order valence-corrected chi connectivity index (χ1v) is 12.5. The van der Waals surface area contributed by atoms with Crippen LogP contribution in [0.4, 0.5) is 0 Å². The molecule has 3 nitrogen and oxygen atoms in total. The maximum absolute atomic E-state index is 10.5. The molecule has 1 fully saturated rings. The normalized spacial score (nSPS) is 18.7. The first-order chi connectivity index (χ1) is 15.9. The monoisotopic (exact) mass is 470 g/mol. The lowest BCUT2D eigenvalue weighted by Crippen LogP contribution is -1.97. The zero-order valence-corrected chi connectivity index (χ0v) is 23.4. The van der Waals surface area contributed by atoms with Crippen LogP contribution >= 0.6 is 0 Å². The molecule has 1 saturated carbocycles. The van der Waals surface area contributed by atoms with Gasteiger partial charge in [-0.15, -0.1) is 0 Å².